The molecule has 3 aromatic rings. The quantitative estimate of drug-likeness (QED) is 0.301. The van der Waals surface area contributed by atoms with Crippen LogP contribution in [-0.4, -0.2) is 33.9 Å². The Morgan fingerprint density at radius 1 is 1.19 bits per heavy atom. The lowest BCUT2D eigenvalue weighted by atomic mass is 9.94. The number of ether oxygens (including phenoxy) is 1. The molecule has 1 fully saturated rings. The average molecular weight is 498 g/mol. The maximum Gasteiger partial charge on any atom is 0.296 e. The first-order chi connectivity index (χ1) is 15.3. The molecule has 2 aromatic carbocycles. The number of carbonyl (C=O) groups excluding carboxylic acids is 2. The maximum atomic E-state index is 13.1. The number of carbonyl (C=O) groups is 2. The van der Waals surface area contributed by atoms with Gasteiger partial charge in [-0.25, -0.2) is 0 Å². The molecule has 1 aliphatic heterocycles. The maximum absolute atomic E-state index is 13.1. The molecule has 8 heteroatoms. The van der Waals surface area contributed by atoms with E-state index in [-0.39, 0.29) is 29.4 Å². The number of hydrogen-bond acceptors (Lipinski definition) is 6. The Kier molecular flexibility index (Phi) is 5.80. The summed E-state index contributed by atoms with van der Waals surface area (Å²) in [6.07, 6.45) is 1.48. The fourth-order valence-corrected chi connectivity index (χ4v) is 4.03. The number of ketones is 1. The topological polar surface area (TPSA) is 100 Å². The van der Waals surface area contributed by atoms with Gasteiger partial charge < -0.3 is 24.3 Å². The molecule has 1 unspecified atom stereocenters. The van der Waals surface area contributed by atoms with E-state index >= 15 is 0 Å². The Labute approximate surface area is 192 Å². The first kappa shape index (κ1) is 21.7. The molecule has 1 saturated heterocycles. The number of aromatic hydroxyl groups is 1. The summed E-state index contributed by atoms with van der Waals surface area (Å²) in [4.78, 5) is 27.4. The van der Waals surface area contributed by atoms with E-state index in [4.69, 9.17) is 9.15 Å². The zero-order valence-corrected chi connectivity index (χ0v) is 18.9. The number of rotatable bonds is 5. The summed E-state index contributed by atoms with van der Waals surface area (Å²) >= 11 is 3.42. The van der Waals surface area contributed by atoms with Crippen LogP contribution in [0.25, 0.3) is 5.76 Å². The lowest BCUT2D eigenvalue weighted by molar-refractivity contribution is -0.140. The van der Waals surface area contributed by atoms with Gasteiger partial charge in [0.05, 0.1) is 31.5 Å². The molecular formula is C24H20BrNO6. The van der Waals surface area contributed by atoms with Crippen LogP contribution in [0.3, 0.4) is 0 Å². The summed E-state index contributed by atoms with van der Waals surface area (Å²) < 4.78 is 11.3. The minimum atomic E-state index is -0.930. The summed E-state index contributed by atoms with van der Waals surface area (Å²) in [6.45, 7) is 1.88. The number of furan rings is 1. The smallest absolute Gasteiger partial charge is 0.296 e. The molecular weight excluding hydrogens is 478 g/mol. The van der Waals surface area contributed by atoms with Crippen LogP contribution in [0.5, 0.6) is 11.5 Å². The number of hydrogen-bond donors (Lipinski definition) is 2. The van der Waals surface area contributed by atoms with Crippen LogP contribution in [0.4, 0.5) is 0 Å². The van der Waals surface area contributed by atoms with Crippen LogP contribution in [-0.2, 0) is 16.1 Å². The third-order valence-corrected chi connectivity index (χ3v) is 6.29. The van der Waals surface area contributed by atoms with Gasteiger partial charge in [0.25, 0.3) is 11.7 Å². The predicted octanol–water partition coefficient (Wildman–Crippen LogP) is 4.69. The van der Waals surface area contributed by atoms with E-state index in [2.05, 4.69) is 15.9 Å². The standard InChI is InChI=1S/C24H20BrNO6/c1-13-10-15(5-7-17(13)25)22(28)20-21(14-6-8-19(31-2)18(27)11-14)26(24(30)23(20)29)12-16-4-3-9-32-16/h3-11,21,27-28H,12H2,1-2H3/b22-20-. The van der Waals surface area contributed by atoms with Crippen molar-refractivity contribution in [2.45, 2.75) is 19.5 Å². The molecule has 4 rings (SSSR count). The molecule has 1 atom stereocenters. The number of halogens is 1. The zero-order valence-electron chi connectivity index (χ0n) is 17.3. The number of aryl methyl sites for hydroxylation is 1. The van der Waals surface area contributed by atoms with Gasteiger partial charge in [0.1, 0.15) is 11.5 Å². The van der Waals surface area contributed by atoms with E-state index in [0.717, 1.165) is 10.0 Å². The zero-order chi connectivity index (χ0) is 23.0. The van der Waals surface area contributed by atoms with Gasteiger partial charge in [0, 0.05) is 10.0 Å². The summed E-state index contributed by atoms with van der Waals surface area (Å²) in [5, 5.41) is 21.4. The van der Waals surface area contributed by atoms with E-state index in [1.807, 2.05) is 6.92 Å². The highest BCUT2D eigenvalue weighted by Gasteiger charge is 2.46. The fraction of sp³-hybridized carbons (Fsp3) is 0.167. The van der Waals surface area contributed by atoms with Crippen molar-refractivity contribution in [1.29, 1.82) is 0 Å². The molecule has 0 radical (unpaired) electrons. The van der Waals surface area contributed by atoms with Crippen LogP contribution in [0.15, 0.2) is 69.3 Å². The number of methoxy groups -OCH3 is 1. The molecule has 2 heterocycles. The number of amides is 1. The Hall–Kier alpha value is -3.52. The van der Waals surface area contributed by atoms with Gasteiger partial charge in [-0.2, -0.15) is 0 Å². The molecule has 164 valence electrons. The molecule has 0 bridgehead atoms. The van der Waals surface area contributed by atoms with Crippen LogP contribution < -0.4 is 4.74 Å². The average Bonchev–Trinajstić information content (AvgIpc) is 3.37. The number of benzene rings is 2. The van der Waals surface area contributed by atoms with Gasteiger partial charge in [-0.1, -0.05) is 28.1 Å². The third kappa shape index (κ3) is 3.78. The second kappa shape index (κ2) is 8.55. The van der Waals surface area contributed by atoms with Crippen molar-refractivity contribution in [2.24, 2.45) is 0 Å². The van der Waals surface area contributed by atoms with Crippen molar-refractivity contribution in [3.8, 4) is 11.5 Å². The molecule has 0 saturated carbocycles. The highest BCUT2D eigenvalue weighted by Crippen LogP contribution is 2.42. The van der Waals surface area contributed by atoms with Crippen molar-refractivity contribution < 1.29 is 29.0 Å². The van der Waals surface area contributed by atoms with Crippen LogP contribution in [0.2, 0.25) is 0 Å². The monoisotopic (exact) mass is 497 g/mol. The number of phenols is 1. The molecule has 2 N–H and O–H groups in total. The van der Waals surface area contributed by atoms with Gasteiger partial charge in [0.15, 0.2) is 11.5 Å². The second-order valence-electron chi connectivity index (χ2n) is 7.40. The lowest BCUT2D eigenvalue weighted by Gasteiger charge is -2.25. The number of aliphatic hydroxyl groups excluding tert-OH is 1. The summed E-state index contributed by atoms with van der Waals surface area (Å²) in [5.41, 5.74) is 1.65. The Balaban J connectivity index is 1.89. The van der Waals surface area contributed by atoms with Gasteiger partial charge in [0.2, 0.25) is 0 Å². The number of aliphatic hydroxyl groups is 1. The third-order valence-electron chi connectivity index (χ3n) is 5.40. The van der Waals surface area contributed by atoms with Crippen molar-refractivity contribution in [3.05, 3.63) is 87.3 Å². The number of Topliss-reactive ketones (excluding diaryl/α,β-unsaturated/α-hetero) is 1. The van der Waals surface area contributed by atoms with E-state index in [9.17, 15) is 19.8 Å². The highest BCUT2D eigenvalue weighted by atomic mass is 79.9. The predicted molar refractivity (Wildman–Crippen MR) is 120 cm³/mol. The molecule has 7 nitrogen and oxygen atoms in total. The SMILES string of the molecule is COc1ccc(C2/C(=C(/O)c3ccc(Br)c(C)c3)C(=O)C(=O)N2Cc2ccco2)cc1O. The van der Waals surface area contributed by atoms with E-state index < -0.39 is 17.7 Å². The molecule has 32 heavy (non-hydrogen) atoms. The second-order valence-corrected chi connectivity index (χ2v) is 8.26. The Morgan fingerprint density at radius 2 is 1.97 bits per heavy atom. The van der Waals surface area contributed by atoms with E-state index in [1.165, 1.54) is 24.3 Å². The largest absolute Gasteiger partial charge is 0.507 e. The Morgan fingerprint density at radius 3 is 2.59 bits per heavy atom. The van der Waals surface area contributed by atoms with Crippen LogP contribution >= 0.6 is 15.9 Å². The minimum Gasteiger partial charge on any atom is -0.507 e. The lowest BCUT2D eigenvalue weighted by Crippen LogP contribution is -2.29. The van der Waals surface area contributed by atoms with E-state index in [0.29, 0.717) is 16.9 Å². The van der Waals surface area contributed by atoms with Gasteiger partial charge in [-0.05, 0) is 54.4 Å². The molecule has 0 aliphatic carbocycles. The van der Waals surface area contributed by atoms with Crippen LogP contribution in [0, 0.1) is 6.92 Å². The summed E-state index contributed by atoms with van der Waals surface area (Å²) in [7, 11) is 1.42. The fourth-order valence-electron chi connectivity index (χ4n) is 3.78. The van der Waals surface area contributed by atoms with Crippen LogP contribution in [0.1, 0.15) is 28.5 Å². The van der Waals surface area contributed by atoms with Crippen molar-refractivity contribution in [1.82, 2.24) is 4.90 Å². The summed E-state index contributed by atoms with van der Waals surface area (Å²) in [6, 6.07) is 12.2. The molecule has 1 amide bonds. The van der Waals surface area contributed by atoms with Gasteiger partial charge in [-0.15, -0.1) is 0 Å². The van der Waals surface area contributed by atoms with Crippen molar-refractivity contribution >= 4 is 33.4 Å². The normalized spacial score (nSPS) is 17.7. The Bertz CT molecular complexity index is 1230. The molecule has 0 spiro atoms. The summed E-state index contributed by atoms with van der Waals surface area (Å²) in [5.74, 6) is -1.28. The molecule has 1 aromatic heterocycles. The number of phenolic OH excluding ortho intramolecular Hbond substituents is 1. The van der Waals surface area contributed by atoms with Crippen molar-refractivity contribution in [2.75, 3.05) is 7.11 Å². The van der Waals surface area contributed by atoms with Crippen molar-refractivity contribution in [3.63, 3.8) is 0 Å². The highest BCUT2D eigenvalue weighted by molar-refractivity contribution is 9.10. The first-order valence-electron chi connectivity index (χ1n) is 9.76. The van der Waals surface area contributed by atoms with E-state index in [1.54, 1.807) is 42.5 Å². The van der Waals surface area contributed by atoms with Gasteiger partial charge >= 0.3 is 0 Å². The number of likely N-dealkylation sites (tertiary alicyclic amines) is 1. The molecule has 1 aliphatic rings. The van der Waals surface area contributed by atoms with Gasteiger partial charge in [-0.3, -0.25) is 9.59 Å². The first-order valence-corrected chi connectivity index (χ1v) is 10.5. The minimum absolute atomic E-state index is 0.0190. The number of nitrogens with zero attached hydrogens (tertiary/aromatic N) is 1.